The van der Waals surface area contributed by atoms with Crippen LogP contribution in [0.5, 0.6) is 17.2 Å². The molecule has 25 heavy (non-hydrogen) atoms. The first-order chi connectivity index (χ1) is 12.2. The minimum atomic E-state index is -0.0350. The van der Waals surface area contributed by atoms with Gasteiger partial charge in [-0.05, 0) is 11.6 Å². The van der Waals surface area contributed by atoms with E-state index < -0.39 is 0 Å². The molecular weight excluding hydrogens is 320 g/mol. The van der Waals surface area contributed by atoms with Crippen LogP contribution in [0.1, 0.15) is 0 Å². The predicted molar refractivity (Wildman–Crippen MR) is 95.0 cm³/mol. The summed E-state index contributed by atoms with van der Waals surface area (Å²) in [5, 5.41) is 24.3. The summed E-state index contributed by atoms with van der Waals surface area (Å²) >= 11 is 0. The number of phenols is 1. The maximum atomic E-state index is 10.4. The molecule has 2 aromatic carbocycles. The monoisotopic (exact) mass is 340 g/mol. The van der Waals surface area contributed by atoms with Gasteiger partial charge in [-0.15, -0.1) is 0 Å². The molecule has 3 aromatic rings. The zero-order valence-electron chi connectivity index (χ0n) is 14.1. The van der Waals surface area contributed by atoms with E-state index in [1.54, 1.807) is 10.7 Å². The zero-order chi connectivity index (χ0) is 17.8. The SMILES string of the molecule is COc1cc(O)c(-c2cc(-c3ccccc3)n(CCO)n2)c(OC)c1. The van der Waals surface area contributed by atoms with Gasteiger partial charge >= 0.3 is 0 Å². The third-order valence-electron chi connectivity index (χ3n) is 3.93. The van der Waals surface area contributed by atoms with Crippen LogP contribution in [0.2, 0.25) is 0 Å². The standard InChI is InChI=1S/C19H20N2O4/c1-24-14-10-17(23)19(18(11-14)25-2)15-12-16(21(20-15)8-9-22)13-6-4-3-5-7-13/h3-7,10-12,22-23H,8-9H2,1-2H3. The highest BCUT2D eigenvalue weighted by Gasteiger charge is 2.19. The zero-order valence-corrected chi connectivity index (χ0v) is 14.1. The van der Waals surface area contributed by atoms with Gasteiger partial charge in [-0.1, -0.05) is 30.3 Å². The third-order valence-corrected chi connectivity index (χ3v) is 3.93. The van der Waals surface area contributed by atoms with Crippen LogP contribution < -0.4 is 9.47 Å². The highest BCUT2D eigenvalue weighted by Crippen LogP contribution is 2.41. The number of aromatic hydroxyl groups is 1. The topological polar surface area (TPSA) is 76.7 Å². The van der Waals surface area contributed by atoms with Gasteiger partial charge in [-0.25, -0.2) is 0 Å². The lowest BCUT2D eigenvalue weighted by Crippen LogP contribution is -2.05. The molecule has 0 aliphatic carbocycles. The summed E-state index contributed by atoms with van der Waals surface area (Å²) in [7, 11) is 3.05. The van der Waals surface area contributed by atoms with E-state index in [4.69, 9.17) is 9.47 Å². The smallest absolute Gasteiger partial charge is 0.135 e. The molecule has 6 nitrogen and oxygen atoms in total. The second-order valence-corrected chi connectivity index (χ2v) is 5.45. The Balaban J connectivity index is 2.16. The fraction of sp³-hybridized carbons (Fsp3) is 0.211. The van der Waals surface area contributed by atoms with Crippen molar-refractivity contribution in [3.8, 4) is 39.8 Å². The second-order valence-electron chi connectivity index (χ2n) is 5.45. The Morgan fingerprint density at radius 3 is 2.44 bits per heavy atom. The van der Waals surface area contributed by atoms with Crippen LogP contribution in [0.4, 0.5) is 0 Å². The number of aliphatic hydroxyl groups is 1. The number of phenolic OH excluding ortho intramolecular Hbond substituents is 1. The maximum Gasteiger partial charge on any atom is 0.135 e. The Morgan fingerprint density at radius 2 is 1.80 bits per heavy atom. The first-order valence-corrected chi connectivity index (χ1v) is 7.87. The molecule has 0 spiro atoms. The maximum absolute atomic E-state index is 10.4. The van der Waals surface area contributed by atoms with Gasteiger partial charge in [-0.3, -0.25) is 4.68 Å². The minimum absolute atomic E-state index is 0.0180. The van der Waals surface area contributed by atoms with Crippen LogP contribution in [0, 0.1) is 0 Å². The summed E-state index contributed by atoms with van der Waals surface area (Å²) < 4.78 is 12.3. The highest BCUT2D eigenvalue weighted by molar-refractivity contribution is 5.78. The number of ether oxygens (including phenoxy) is 2. The lowest BCUT2D eigenvalue weighted by Gasteiger charge is -2.10. The van der Waals surface area contributed by atoms with E-state index in [2.05, 4.69) is 5.10 Å². The lowest BCUT2D eigenvalue weighted by atomic mass is 10.1. The molecule has 3 rings (SSSR count). The number of aliphatic hydroxyl groups excluding tert-OH is 1. The number of methoxy groups -OCH3 is 2. The van der Waals surface area contributed by atoms with Gasteiger partial charge in [0.1, 0.15) is 22.9 Å². The van der Waals surface area contributed by atoms with E-state index >= 15 is 0 Å². The van der Waals surface area contributed by atoms with Crippen LogP contribution in [-0.2, 0) is 6.54 Å². The van der Waals surface area contributed by atoms with Gasteiger partial charge < -0.3 is 19.7 Å². The lowest BCUT2D eigenvalue weighted by molar-refractivity contribution is 0.270. The van der Waals surface area contributed by atoms with Gasteiger partial charge in [0.25, 0.3) is 0 Å². The van der Waals surface area contributed by atoms with Gasteiger partial charge in [-0.2, -0.15) is 5.10 Å². The van der Waals surface area contributed by atoms with Crippen molar-refractivity contribution in [3.05, 3.63) is 48.5 Å². The number of benzene rings is 2. The van der Waals surface area contributed by atoms with Crippen molar-refractivity contribution in [2.24, 2.45) is 0 Å². The highest BCUT2D eigenvalue weighted by atomic mass is 16.5. The van der Waals surface area contributed by atoms with Crippen molar-refractivity contribution in [2.45, 2.75) is 6.54 Å². The molecule has 0 amide bonds. The fourth-order valence-electron chi connectivity index (χ4n) is 2.76. The molecule has 0 radical (unpaired) electrons. The summed E-state index contributed by atoms with van der Waals surface area (Å²) in [5.74, 6) is 0.978. The molecular formula is C19H20N2O4. The molecule has 130 valence electrons. The molecule has 0 saturated carbocycles. The second kappa shape index (κ2) is 7.27. The first kappa shape index (κ1) is 16.9. The molecule has 0 atom stereocenters. The molecule has 0 aliphatic rings. The Labute approximate surface area is 145 Å². The number of aromatic nitrogens is 2. The normalized spacial score (nSPS) is 10.7. The van der Waals surface area contributed by atoms with Crippen molar-refractivity contribution in [1.29, 1.82) is 0 Å². The van der Waals surface area contributed by atoms with Crippen molar-refractivity contribution in [1.82, 2.24) is 9.78 Å². The molecule has 0 fully saturated rings. The summed E-state index contributed by atoms with van der Waals surface area (Å²) in [5.41, 5.74) is 2.87. The molecule has 1 heterocycles. The minimum Gasteiger partial charge on any atom is -0.507 e. The predicted octanol–water partition coefficient (Wildman–Crippen LogP) is 2.93. The van der Waals surface area contributed by atoms with Crippen molar-refractivity contribution < 1.29 is 19.7 Å². The third kappa shape index (κ3) is 3.29. The molecule has 0 saturated heterocycles. The average Bonchev–Trinajstić information content (AvgIpc) is 3.05. The number of hydrogen-bond donors (Lipinski definition) is 2. The van der Waals surface area contributed by atoms with Crippen molar-refractivity contribution >= 4 is 0 Å². The van der Waals surface area contributed by atoms with E-state index in [0.29, 0.717) is 29.3 Å². The van der Waals surface area contributed by atoms with Gasteiger partial charge in [0, 0.05) is 12.1 Å². The van der Waals surface area contributed by atoms with E-state index in [9.17, 15) is 10.2 Å². The first-order valence-electron chi connectivity index (χ1n) is 7.87. The van der Waals surface area contributed by atoms with Crippen molar-refractivity contribution in [2.75, 3.05) is 20.8 Å². The molecule has 6 heteroatoms. The Morgan fingerprint density at radius 1 is 1.04 bits per heavy atom. The summed E-state index contributed by atoms with van der Waals surface area (Å²) in [6.07, 6.45) is 0. The van der Waals surface area contributed by atoms with Crippen LogP contribution >= 0.6 is 0 Å². The summed E-state index contributed by atoms with van der Waals surface area (Å²) in [6, 6.07) is 14.9. The van der Waals surface area contributed by atoms with Crippen molar-refractivity contribution in [3.63, 3.8) is 0 Å². The Kier molecular flexibility index (Phi) is 4.90. The van der Waals surface area contributed by atoms with Crippen LogP contribution in [0.25, 0.3) is 22.5 Å². The Hall–Kier alpha value is -2.99. The molecule has 2 N–H and O–H groups in total. The number of hydrogen-bond acceptors (Lipinski definition) is 5. The summed E-state index contributed by atoms with van der Waals surface area (Å²) in [4.78, 5) is 0. The fourth-order valence-corrected chi connectivity index (χ4v) is 2.76. The molecule has 0 unspecified atom stereocenters. The van der Waals surface area contributed by atoms with E-state index in [1.807, 2.05) is 36.4 Å². The van der Waals surface area contributed by atoms with Gasteiger partial charge in [0.15, 0.2) is 0 Å². The van der Waals surface area contributed by atoms with E-state index in [0.717, 1.165) is 11.3 Å². The molecule has 1 aromatic heterocycles. The van der Waals surface area contributed by atoms with E-state index in [1.165, 1.54) is 20.3 Å². The number of nitrogens with zero attached hydrogens (tertiary/aromatic N) is 2. The van der Waals surface area contributed by atoms with Crippen LogP contribution in [0.15, 0.2) is 48.5 Å². The Bertz CT molecular complexity index is 859. The largest absolute Gasteiger partial charge is 0.507 e. The molecule has 0 aliphatic heterocycles. The van der Waals surface area contributed by atoms with Gasteiger partial charge in [0.05, 0.1) is 38.6 Å². The molecule has 0 bridgehead atoms. The average molecular weight is 340 g/mol. The van der Waals surface area contributed by atoms with Crippen LogP contribution in [0.3, 0.4) is 0 Å². The van der Waals surface area contributed by atoms with Crippen LogP contribution in [-0.4, -0.2) is 40.8 Å². The van der Waals surface area contributed by atoms with E-state index in [-0.39, 0.29) is 12.4 Å². The summed E-state index contributed by atoms with van der Waals surface area (Å²) in [6.45, 7) is 0.316. The number of rotatable bonds is 6. The quantitative estimate of drug-likeness (QED) is 0.721. The van der Waals surface area contributed by atoms with Gasteiger partial charge in [0.2, 0.25) is 0 Å².